The van der Waals surface area contributed by atoms with Gasteiger partial charge in [0.1, 0.15) is 5.76 Å². The molecule has 1 unspecified atom stereocenters. The molecule has 0 aliphatic rings. The van der Waals surface area contributed by atoms with E-state index in [1.54, 1.807) is 23.9 Å². The zero-order valence-corrected chi connectivity index (χ0v) is 14.0. The Kier molecular flexibility index (Phi) is 4.39. The van der Waals surface area contributed by atoms with Crippen LogP contribution in [0.15, 0.2) is 51.9 Å². The van der Waals surface area contributed by atoms with Crippen molar-refractivity contribution < 1.29 is 13.9 Å². The van der Waals surface area contributed by atoms with Crippen molar-refractivity contribution in [3.05, 3.63) is 59.5 Å². The zero-order valence-electron chi connectivity index (χ0n) is 13.2. The number of carbonyl (C=O) groups is 1. The van der Waals surface area contributed by atoms with E-state index in [0.29, 0.717) is 0 Å². The van der Waals surface area contributed by atoms with Crippen LogP contribution in [-0.4, -0.2) is 18.1 Å². The van der Waals surface area contributed by atoms with Gasteiger partial charge >= 0.3 is 5.97 Å². The molecule has 118 valence electrons. The molecular formula is C18H17NO3S. The number of para-hydroxylation sites is 1. The molecule has 1 atom stereocenters. The number of methoxy groups -OCH3 is 1. The van der Waals surface area contributed by atoms with Crippen LogP contribution >= 0.6 is 11.8 Å². The van der Waals surface area contributed by atoms with Crippen LogP contribution in [-0.2, 0) is 4.74 Å². The third kappa shape index (κ3) is 3.24. The normalized spacial score (nSPS) is 12.3. The Hall–Kier alpha value is -2.27. The largest absolute Gasteiger partial charge is 0.463 e. The number of aryl methyl sites for hydroxylation is 1. The highest BCUT2D eigenvalue weighted by Crippen LogP contribution is 2.36. The molecular weight excluding hydrogens is 310 g/mol. The monoisotopic (exact) mass is 327 g/mol. The van der Waals surface area contributed by atoms with Gasteiger partial charge in [0.15, 0.2) is 0 Å². The predicted octanol–water partition coefficient (Wildman–Crippen LogP) is 4.78. The molecule has 5 heteroatoms. The molecule has 0 aliphatic heterocycles. The van der Waals surface area contributed by atoms with Crippen LogP contribution in [0.5, 0.6) is 0 Å². The maximum Gasteiger partial charge on any atom is 0.373 e. The topological polar surface area (TPSA) is 52.3 Å². The summed E-state index contributed by atoms with van der Waals surface area (Å²) in [7, 11) is 1.34. The fourth-order valence-corrected chi connectivity index (χ4v) is 3.40. The first-order valence-corrected chi connectivity index (χ1v) is 8.17. The molecule has 2 aromatic heterocycles. The van der Waals surface area contributed by atoms with E-state index in [4.69, 9.17) is 4.42 Å². The van der Waals surface area contributed by atoms with Crippen LogP contribution in [0.1, 0.15) is 34.1 Å². The number of hydrogen-bond donors (Lipinski definition) is 0. The van der Waals surface area contributed by atoms with Gasteiger partial charge in [0.2, 0.25) is 5.76 Å². The van der Waals surface area contributed by atoms with E-state index in [0.717, 1.165) is 21.7 Å². The molecule has 0 saturated carbocycles. The highest BCUT2D eigenvalue weighted by molar-refractivity contribution is 7.99. The molecule has 3 aromatic rings. The van der Waals surface area contributed by atoms with E-state index < -0.39 is 5.97 Å². The Labute approximate surface area is 138 Å². The number of carbonyl (C=O) groups excluding carboxylic acids is 1. The molecule has 2 heterocycles. The van der Waals surface area contributed by atoms with Gasteiger partial charge in [-0.1, -0.05) is 30.0 Å². The maximum absolute atomic E-state index is 11.5. The first-order valence-electron chi connectivity index (χ1n) is 7.29. The number of aromatic nitrogens is 1. The smallest absolute Gasteiger partial charge is 0.373 e. The van der Waals surface area contributed by atoms with Crippen LogP contribution in [0.3, 0.4) is 0 Å². The number of fused-ring (bicyclic) bond motifs is 1. The van der Waals surface area contributed by atoms with Crippen LogP contribution in [0.25, 0.3) is 10.9 Å². The number of thioether (sulfide) groups is 1. The van der Waals surface area contributed by atoms with Crippen LogP contribution in [0.2, 0.25) is 0 Å². The standard InChI is InChI=1S/C18H17NO3S/c1-11-10-17(19-14-7-5-4-6-13(11)14)23-12(2)15-8-9-16(22-15)18(20)21-3/h4-10,12H,1-3H3. The van der Waals surface area contributed by atoms with E-state index in [1.165, 1.54) is 12.7 Å². The third-order valence-electron chi connectivity index (χ3n) is 3.61. The van der Waals surface area contributed by atoms with Crippen molar-refractivity contribution in [2.45, 2.75) is 24.1 Å². The van der Waals surface area contributed by atoms with Crippen molar-refractivity contribution in [2.75, 3.05) is 7.11 Å². The lowest BCUT2D eigenvalue weighted by Gasteiger charge is -2.10. The second kappa shape index (κ2) is 6.46. The second-order valence-electron chi connectivity index (χ2n) is 5.25. The molecule has 0 radical (unpaired) electrons. The molecule has 3 rings (SSSR count). The molecule has 0 spiro atoms. The number of hydrogen-bond acceptors (Lipinski definition) is 5. The predicted molar refractivity (Wildman–Crippen MR) is 90.8 cm³/mol. The molecule has 1 aromatic carbocycles. The summed E-state index contributed by atoms with van der Waals surface area (Å²) in [6.07, 6.45) is 0. The molecule has 0 fully saturated rings. The van der Waals surface area contributed by atoms with Crippen molar-refractivity contribution in [1.82, 2.24) is 4.98 Å². The van der Waals surface area contributed by atoms with Gasteiger partial charge < -0.3 is 9.15 Å². The van der Waals surface area contributed by atoms with Crippen molar-refractivity contribution in [1.29, 1.82) is 0 Å². The highest BCUT2D eigenvalue weighted by atomic mass is 32.2. The van der Waals surface area contributed by atoms with E-state index in [9.17, 15) is 4.79 Å². The number of ether oxygens (including phenoxy) is 1. The summed E-state index contributed by atoms with van der Waals surface area (Å²) in [5.41, 5.74) is 2.18. The molecule has 0 N–H and O–H groups in total. The van der Waals surface area contributed by atoms with Crippen LogP contribution in [0, 0.1) is 6.92 Å². The van der Waals surface area contributed by atoms with Gasteiger partial charge in [-0.2, -0.15) is 0 Å². The highest BCUT2D eigenvalue weighted by Gasteiger charge is 2.17. The molecule has 23 heavy (non-hydrogen) atoms. The summed E-state index contributed by atoms with van der Waals surface area (Å²) < 4.78 is 10.2. The summed E-state index contributed by atoms with van der Waals surface area (Å²) in [4.78, 5) is 16.2. The average molecular weight is 327 g/mol. The molecule has 0 amide bonds. The summed E-state index contributed by atoms with van der Waals surface area (Å²) >= 11 is 1.60. The minimum Gasteiger partial charge on any atom is -0.463 e. The van der Waals surface area contributed by atoms with Crippen molar-refractivity contribution in [2.24, 2.45) is 0 Å². The zero-order chi connectivity index (χ0) is 16.4. The van der Waals surface area contributed by atoms with Crippen LogP contribution in [0.4, 0.5) is 0 Å². The number of nitrogens with zero attached hydrogens (tertiary/aromatic N) is 1. The number of benzene rings is 1. The molecule has 0 bridgehead atoms. The lowest BCUT2D eigenvalue weighted by atomic mass is 10.1. The van der Waals surface area contributed by atoms with Crippen molar-refractivity contribution >= 4 is 28.6 Å². The Morgan fingerprint density at radius 2 is 2.04 bits per heavy atom. The number of rotatable bonds is 4. The number of furan rings is 1. The minimum atomic E-state index is -0.465. The van der Waals surface area contributed by atoms with E-state index in [-0.39, 0.29) is 11.0 Å². The second-order valence-corrected chi connectivity index (χ2v) is 6.61. The van der Waals surface area contributed by atoms with Crippen molar-refractivity contribution in [3.63, 3.8) is 0 Å². The number of pyridine rings is 1. The van der Waals surface area contributed by atoms with Gasteiger partial charge in [-0.15, -0.1) is 0 Å². The first-order chi connectivity index (χ1) is 11.1. The summed E-state index contributed by atoms with van der Waals surface area (Å²) in [5, 5.41) is 2.14. The number of esters is 1. The van der Waals surface area contributed by atoms with Gasteiger partial charge in [0.05, 0.1) is 22.9 Å². The van der Waals surface area contributed by atoms with E-state index >= 15 is 0 Å². The summed E-state index contributed by atoms with van der Waals surface area (Å²) in [5.74, 6) is 0.480. The molecule has 0 saturated heterocycles. The van der Waals surface area contributed by atoms with Gasteiger partial charge in [0, 0.05) is 5.39 Å². The maximum atomic E-state index is 11.5. The summed E-state index contributed by atoms with van der Waals surface area (Å²) in [6.45, 7) is 4.11. The van der Waals surface area contributed by atoms with Crippen molar-refractivity contribution in [3.8, 4) is 0 Å². The fourth-order valence-electron chi connectivity index (χ4n) is 2.40. The Morgan fingerprint density at radius 3 is 2.83 bits per heavy atom. The van der Waals surface area contributed by atoms with Gasteiger partial charge in [-0.05, 0) is 43.7 Å². The Balaban J connectivity index is 1.84. The van der Waals surface area contributed by atoms with Crippen LogP contribution < -0.4 is 0 Å². The fraction of sp³-hybridized carbons (Fsp3) is 0.222. The lowest BCUT2D eigenvalue weighted by molar-refractivity contribution is 0.0563. The van der Waals surface area contributed by atoms with Gasteiger partial charge in [-0.25, -0.2) is 9.78 Å². The summed E-state index contributed by atoms with van der Waals surface area (Å²) in [6, 6.07) is 13.6. The average Bonchev–Trinajstić information content (AvgIpc) is 3.04. The van der Waals surface area contributed by atoms with Gasteiger partial charge in [0.25, 0.3) is 0 Å². The van der Waals surface area contributed by atoms with E-state index in [1.807, 2.05) is 25.1 Å². The third-order valence-corrected chi connectivity index (χ3v) is 4.65. The lowest BCUT2D eigenvalue weighted by Crippen LogP contribution is -1.98. The Bertz CT molecular complexity index is 856. The molecule has 0 aliphatic carbocycles. The molecule has 4 nitrogen and oxygen atoms in total. The van der Waals surface area contributed by atoms with Gasteiger partial charge in [-0.3, -0.25) is 0 Å². The quantitative estimate of drug-likeness (QED) is 0.510. The Morgan fingerprint density at radius 1 is 1.26 bits per heavy atom. The first kappa shape index (κ1) is 15.6. The van der Waals surface area contributed by atoms with E-state index in [2.05, 4.69) is 28.8 Å². The minimum absolute atomic E-state index is 0.0430. The SMILES string of the molecule is COC(=O)c1ccc(C(C)Sc2cc(C)c3ccccc3n2)o1.